The Balaban J connectivity index is 0.00000144. The van der Waals surface area contributed by atoms with E-state index in [4.69, 9.17) is 15.9 Å². The molecule has 74 valence electrons. The first kappa shape index (κ1) is 12.4. The number of phenols is 2. The van der Waals surface area contributed by atoms with Crippen molar-refractivity contribution in [3.8, 4) is 11.5 Å². The van der Waals surface area contributed by atoms with Crippen molar-refractivity contribution in [3.63, 3.8) is 0 Å². The van der Waals surface area contributed by atoms with E-state index in [9.17, 15) is 0 Å². The number of phenolic OH excluding ortho intramolecular Hbond substituents is 2. The van der Waals surface area contributed by atoms with E-state index in [1.165, 1.54) is 12.1 Å². The lowest BCUT2D eigenvalue weighted by Gasteiger charge is -2.01. The average Bonchev–Trinajstić information content (AvgIpc) is 2.07. The van der Waals surface area contributed by atoms with Crippen molar-refractivity contribution in [3.05, 3.63) is 18.2 Å². The van der Waals surface area contributed by atoms with Gasteiger partial charge in [0, 0.05) is 17.2 Å². The number of hydrogen-bond donors (Lipinski definition) is 3. The summed E-state index contributed by atoms with van der Waals surface area (Å²) in [5.74, 6) is 0.633. The summed E-state index contributed by atoms with van der Waals surface area (Å²) in [7, 11) is 0. The molecule has 1 aromatic carbocycles. The first-order valence-electron chi connectivity index (χ1n) is 3.59. The van der Waals surface area contributed by atoms with Crippen molar-refractivity contribution in [1.29, 1.82) is 0 Å². The minimum atomic E-state index is -0.0906. The summed E-state index contributed by atoms with van der Waals surface area (Å²) in [5.41, 5.74) is 5.31. The topological polar surface area (TPSA) is 66.5 Å². The minimum Gasteiger partial charge on any atom is -0.504 e. The standard InChI is InChI=1S/C8H11NO2S.ClH/c9-3-4-12-6-1-2-7(10)8(11)5-6;/h1-2,5,10-11H,3-4,9H2;1H. The Morgan fingerprint density at radius 3 is 2.46 bits per heavy atom. The second kappa shape index (κ2) is 5.96. The van der Waals surface area contributed by atoms with Crippen LogP contribution in [0.15, 0.2) is 23.1 Å². The highest BCUT2D eigenvalue weighted by Gasteiger charge is 1.99. The van der Waals surface area contributed by atoms with Crippen LogP contribution in [0.5, 0.6) is 11.5 Å². The van der Waals surface area contributed by atoms with Gasteiger partial charge in [0.2, 0.25) is 0 Å². The van der Waals surface area contributed by atoms with Crippen LogP contribution in [-0.4, -0.2) is 22.5 Å². The molecule has 0 saturated carbocycles. The molecular formula is C8H12ClNO2S. The molecule has 0 spiro atoms. The lowest BCUT2D eigenvalue weighted by atomic mass is 10.3. The van der Waals surface area contributed by atoms with Crippen molar-refractivity contribution in [2.24, 2.45) is 5.73 Å². The molecule has 3 nitrogen and oxygen atoms in total. The van der Waals surface area contributed by atoms with Crippen LogP contribution in [0.2, 0.25) is 0 Å². The van der Waals surface area contributed by atoms with Gasteiger partial charge < -0.3 is 15.9 Å². The monoisotopic (exact) mass is 221 g/mol. The fraction of sp³-hybridized carbons (Fsp3) is 0.250. The predicted molar refractivity (Wildman–Crippen MR) is 56.8 cm³/mol. The normalized spacial score (nSPS) is 9.31. The number of rotatable bonds is 3. The quantitative estimate of drug-likeness (QED) is 0.536. The van der Waals surface area contributed by atoms with Crippen LogP contribution < -0.4 is 5.73 Å². The summed E-state index contributed by atoms with van der Waals surface area (Å²) >= 11 is 1.55. The molecule has 0 heterocycles. The second-order valence-electron chi connectivity index (χ2n) is 2.29. The molecule has 0 aliphatic rings. The van der Waals surface area contributed by atoms with E-state index in [2.05, 4.69) is 0 Å². The predicted octanol–water partition coefficient (Wildman–Crippen LogP) is 1.57. The Hall–Kier alpha value is -0.580. The van der Waals surface area contributed by atoms with Crippen molar-refractivity contribution in [1.82, 2.24) is 0 Å². The van der Waals surface area contributed by atoms with E-state index >= 15 is 0 Å². The van der Waals surface area contributed by atoms with Crippen LogP contribution in [0.4, 0.5) is 0 Å². The zero-order valence-corrected chi connectivity index (χ0v) is 8.57. The summed E-state index contributed by atoms with van der Waals surface area (Å²) in [5, 5.41) is 18.1. The van der Waals surface area contributed by atoms with Crippen LogP contribution >= 0.6 is 24.2 Å². The Bertz CT molecular complexity index is 270. The molecular weight excluding hydrogens is 210 g/mol. The van der Waals surface area contributed by atoms with Crippen LogP contribution in [0.25, 0.3) is 0 Å². The fourth-order valence-electron chi connectivity index (χ4n) is 0.770. The molecule has 0 aliphatic carbocycles. The highest BCUT2D eigenvalue weighted by atomic mass is 35.5. The third-order valence-electron chi connectivity index (χ3n) is 1.33. The third-order valence-corrected chi connectivity index (χ3v) is 2.36. The first-order valence-corrected chi connectivity index (χ1v) is 4.57. The van der Waals surface area contributed by atoms with Gasteiger partial charge in [-0.05, 0) is 18.2 Å². The molecule has 0 atom stereocenters. The SMILES string of the molecule is Cl.NCCSc1ccc(O)c(O)c1. The lowest BCUT2D eigenvalue weighted by Crippen LogP contribution is -2.00. The number of hydrogen-bond acceptors (Lipinski definition) is 4. The number of aromatic hydroxyl groups is 2. The largest absolute Gasteiger partial charge is 0.504 e. The van der Waals surface area contributed by atoms with E-state index < -0.39 is 0 Å². The van der Waals surface area contributed by atoms with Gasteiger partial charge in [0.15, 0.2) is 11.5 Å². The molecule has 0 unspecified atom stereocenters. The van der Waals surface area contributed by atoms with Crippen molar-refractivity contribution in [2.45, 2.75) is 4.90 Å². The van der Waals surface area contributed by atoms with Gasteiger partial charge >= 0.3 is 0 Å². The van der Waals surface area contributed by atoms with Gasteiger partial charge in [-0.3, -0.25) is 0 Å². The summed E-state index contributed by atoms with van der Waals surface area (Å²) in [6, 6.07) is 4.74. The number of nitrogens with two attached hydrogens (primary N) is 1. The molecule has 13 heavy (non-hydrogen) atoms. The molecule has 1 rings (SSSR count). The van der Waals surface area contributed by atoms with E-state index in [1.807, 2.05) is 0 Å². The van der Waals surface area contributed by atoms with Crippen LogP contribution in [0, 0.1) is 0 Å². The minimum absolute atomic E-state index is 0. The summed E-state index contributed by atoms with van der Waals surface area (Å²) < 4.78 is 0. The van der Waals surface area contributed by atoms with Gasteiger partial charge in [-0.2, -0.15) is 0 Å². The number of benzene rings is 1. The molecule has 0 radical (unpaired) electrons. The summed E-state index contributed by atoms with van der Waals surface area (Å²) in [6.07, 6.45) is 0. The molecule has 4 N–H and O–H groups in total. The Morgan fingerprint density at radius 1 is 1.23 bits per heavy atom. The molecule has 5 heteroatoms. The van der Waals surface area contributed by atoms with Crippen LogP contribution in [0.1, 0.15) is 0 Å². The molecule has 0 amide bonds. The highest BCUT2D eigenvalue weighted by Crippen LogP contribution is 2.29. The van der Waals surface area contributed by atoms with Crippen LogP contribution in [-0.2, 0) is 0 Å². The summed E-state index contributed by atoms with van der Waals surface area (Å²) in [4.78, 5) is 0.913. The maximum absolute atomic E-state index is 9.10. The molecule has 0 aliphatic heterocycles. The number of thioether (sulfide) groups is 1. The molecule has 1 aromatic rings. The fourth-order valence-corrected chi connectivity index (χ4v) is 1.48. The Labute approximate surface area is 87.4 Å². The van der Waals surface area contributed by atoms with Gasteiger partial charge in [-0.15, -0.1) is 24.2 Å². The zero-order chi connectivity index (χ0) is 8.97. The van der Waals surface area contributed by atoms with Crippen LogP contribution in [0.3, 0.4) is 0 Å². The van der Waals surface area contributed by atoms with Gasteiger partial charge in [-0.25, -0.2) is 0 Å². The maximum Gasteiger partial charge on any atom is 0.158 e. The second-order valence-corrected chi connectivity index (χ2v) is 3.46. The zero-order valence-electron chi connectivity index (χ0n) is 6.93. The number of halogens is 1. The maximum atomic E-state index is 9.10. The lowest BCUT2D eigenvalue weighted by molar-refractivity contribution is 0.402. The van der Waals surface area contributed by atoms with Gasteiger partial charge in [0.05, 0.1) is 0 Å². The highest BCUT2D eigenvalue weighted by molar-refractivity contribution is 7.99. The molecule has 0 bridgehead atoms. The van der Waals surface area contributed by atoms with Crippen molar-refractivity contribution in [2.75, 3.05) is 12.3 Å². The Kier molecular flexibility index (Phi) is 5.70. The van der Waals surface area contributed by atoms with E-state index in [1.54, 1.807) is 17.8 Å². The van der Waals surface area contributed by atoms with E-state index in [-0.39, 0.29) is 23.9 Å². The van der Waals surface area contributed by atoms with Crippen molar-refractivity contribution >= 4 is 24.2 Å². The molecule has 0 saturated heterocycles. The third kappa shape index (κ3) is 3.76. The molecule has 0 aromatic heterocycles. The van der Waals surface area contributed by atoms with Gasteiger partial charge in [-0.1, -0.05) is 0 Å². The van der Waals surface area contributed by atoms with Crippen molar-refractivity contribution < 1.29 is 10.2 Å². The Morgan fingerprint density at radius 2 is 1.92 bits per heavy atom. The first-order chi connectivity index (χ1) is 5.74. The average molecular weight is 222 g/mol. The van der Waals surface area contributed by atoms with E-state index in [0.29, 0.717) is 6.54 Å². The van der Waals surface area contributed by atoms with E-state index in [0.717, 1.165) is 10.6 Å². The van der Waals surface area contributed by atoms with Gasteiger partial charge in [0.25, 0.3) is 0 Å². The van der Waals surface area contributed by atoms with Gasteiger partial charge in [0.1, 0.15) is 0 Å². The molecule has 0 fully saturated rings. The smallest absolute Gasteiger partial charge is 0.158 e. The summed E-state index contributed by atoms with van der Waals surface area (Å²) in [6.45, 7) is 0.603.